The summed E-state index contributed by atoms with van der Waals surface area (Å²) in [5.74, 6) is -2.85. The third-order valence-corrected chi connectivity index (χ3v) is 4.48. The highest BCUT2D eigenvalue weighted by Gasteiger charge is 2.47. The molecule has 1 amide bonds. The van der Waals surface area contributed by atoms with E-state index in [-0.39, 0.29) is 16.3 Å². The number of hydrogen-bond acceptors (Lipinski definition) is 3. The zero-order valence-electron chi connectivity index (χ0n) is 15.4. The summed E-state index contributed by atoms with van der Waals surface area (Å²) in [6, 6.07) is 3.14. The SMILES string of the molecule is C=C/C=C(\C=C)C1C(C(=O)C(C)(C)C)=C(O)C(=O)N1c1cccc(Cl)c1F. The molecule has 142 valence electrons. The largest absolute Gasteiger partial charge is 0.503 e. The average Bonchev–Trinajstić information content (AvgIpc) is 2.85. The van der Waals surface area contributed by atoms with Crippen molar-refractivity contribution in [3.05, 3.63) is 77.3 Å². The predicted octanol–water partition coefficient (Wildman–Crippen LogP) is 4.92. The number of rotatable bonds is 5. The molecule has 0 aliphatic carbocycles. The number of nitrogens with zero attached hydrogens (tertiary/aromatic N) is 1. The highest BCUT2D eigenvalue weighted by molar-refractivity contribution is 6.31. The second-order valence-electron chi connectivity index (χ2n) is 7.10. The zero-order valence-corrected chi connectivity index (χ0v) is 16.2. The third kappa shape index (κ3) is 3.60. The van der Waals surface area contributed by atoms with Gasteiger partial charge >= 0.3 is 0 Å². The van der Waals surface area contributed by atoms with Gasteiger partial charge in [0.05, 0.1) is 22.3 Å². The lowest BCUT2D eigenvalue weighted by atomic mass is 9.82. The molecule has 0 bridgehead atoms. The molecule has 1 N–H and O–H groups in total. The van der Waals surface area contributed by atoms with Crippen LogP contribution in [0.4, 0.5) is 10.1 Å². The first-order chi connectivity index (χ1) is 12.6. The number of anilines is 1. The Morgan fingerprint density at radius 2 is 1.96 bits per heavy atom. The van der Waals surface area contributed by atoms with E-state index in [4.69, 9.17) is 11.6 Å². The van der Waals surface area contributed by atoms with Crippen molar-refractivity contribution in [2.75, 3.05) is 4.90 Å². The lowest BCUT2D eigenvalue weighted by Gasteiger charge is -2.29. The standard InChI is InChI=1S/C21H21ClFNO3/c1-6-9-12(7-2)17-15(19(26)21(3,4)5)18(25)20(27)24(17)14-11-8-10-13(22)16(14)23/h6-11,17,25H,1-2H2,3-5H3/b12-9+. The van der Waals surface area contributed by atoms with E-state index in [0.29, 0.717) is 5.57 Å². The Balaban J connectivity index is 2.79. The van der Waals surface area contributed by atoms with Crippen LogP contribution in [-0.2, 0) is 9.59 Å². The molecule has 1 aromatic rings. The Bertz CT molecular complexity index is 893. The van der Waals surface area contributed by atoms with Gasteiger partial charge < -0.3 is 5.11 Å². The highest BCUT2D eigenvalue weighted by atomic mass is 35.5. The number of carbonyl (C=O) groups excluding carboxylic acids is 2. The van der Waals surface area contributed by atoms with Gasteiger partial charge in [0.1, 0.15) is 0 Å². The molecule has 0 saturated carbocycles. The van der Waals surface area contributed by atoms with Crippen molar-refractivity contribution >= 4 is 29.0 Å². The number of allylic oxidation sites excluding steroid dienone is 2. The summed E-state index contributed by atoms with van der Waals surface area (Å²) >= 11 is 5.86. The number of aliphatic hydroxyl groups is 1. The van der Waals surface area contributed by atoms with Crippen molar-refractivity contribution in [3.63, 3.8) is 0 Å². The van der Waals surface area contributed by atoms with Crippen LogP contribution in [0.2, 0.25) is 5.02 Å². The first-order valence-electron chi connectivity index (χ1n) is 8.26. The van der Waals surface area contributed by atoms with Gasteiger partial charge in [0.2, 0.25) is 0 Å². The molecule has 0 fully saturated rings. The minimum absolute atomic E-state index is 0.111. The lowest BCUT2D eigenvalue weighted by molar-refractivity contribution is -0.123. The Labute approximate surface area is 162 Å². The summed E-state index contributed by atoms with van der Waals surface area (Å²) in [4.78, 5) is 26.8. The maximum atomic E-state index is 14.7. The van der Waals surface area contributed by atoms with Gasteiger partial charge in [-0.05, 0) is 17.7 Å². The summed E-state index contributed by atoms with van der Waals surface area (Å²) in [5.41, 5.74) is -0.711. The van der Waals surface area contributed by atoms with Gasteiger partial charge in [-0.1, -0.05) is 69.8 Å². The fourth-order valence-electron chi connectivity index (χ4n) is 2.89. The quantitative estimate of drug-likeness (QED) is 0.727. The molecule has 0 saturated heterocycles. The molecule has 1 aromatic carbocycles. The van der Waals surface area contributed by atoms with Crippen molar-refractivity contribution in [1.82, 2.24) is 0 Å². The van der Waals surface area contributed by atoms with E-state index in [2.05, 4.69) is 13.2 Å². The molecule has 1 heterocycles. The van der Waals surface area contributed by atoms with Crippen LogP contribution in [0, 0.1) is 11.2 Å². The zero-order chi connectivity index (χ0) is 20.5. The first-order valence-corrected chi connectivity index (χ1v) is 8.64. The monoisotopic (exact) mass is 389 g/mol. The number of hydrogen-bond donors (Lipinski definition) is 1. The fraction of sp³-hybridized carbons (Fsp3) is 0.238. The second-order valence-corrected chi connectivity index (χ2v) is 7.51. The number of benzene rings is 1. The number of carbonyl (C=O) groups is 2. The van der Waals surface area contributed by atoms with Crippen LogP contribution < -0.4 is 4.90 Å². The summed E-state index contributed by atoms with van der Waals surface area (Å²) in [6.07, 6.45) is 4.45. The van der Waals surface area contributed by atoms with Crippen LogP contribution in [0.25, 0.3) is 0 Å². The Morgan fingerprint density at radius 1 is 1.33 bits per heavy atom. The van der Waals surface area contributed by atoms with E-state index in [1.54, 1.807) is 26.8 Å². The summed E-state index contributed by atoms with van der Waals surface area (Å²) in [5, 5.41) is 10.3. The summed E-state index contributed by atoms with van der Waals surface area (Å²) in [6.45, 7) is 12.3. The summed E-state index contributed by atoms with van der Waals surface area (Å²) in [7, 11) is 0. The molecule has 2 rings (SSSR count). The van der Waals surface area contributed by atoms with Crippen molar-refractivity contribution in [2.24, 2.45) is 5.41 Å². The third-order valence-electron chi connectivity index (χ3n) is 4.19. The van der Waals surface area contributed by atoms with E-state index in [1.807, 2.05) is 0 Å². The van der Waals surface area contributed by atoms with Crippen LogP contribution >= 0.6 is 11.6 Å². The van der Waals surface area contributed by atoms with E-state index in [0.717, 1.165) is 4.90 Å². The molecule has 1 atom stereocenters. The Kier molecular flexibility index (Phi) is 5.76. The Morgan fingerprint density at radius 3 is 2.48 bits per heavy atom. The normalized spacial score (nSPS) is 18.1. The molecule has 1 unspecified atom stereocenters. The fourth-order valence-corrected chi connectivity index (χ4v) is 3.06. The molecule has 4 nitrogen and oxygen atoms in total. The molecule has 6 heteroatoms. The van der Waals surface area contributed by atoms with Gasteiger partial charge in [-0.25, -0.2) is 4.39 Å². The molecule has 27 heavy (non-hydrogen) atoms. The van der Waals surface area contributed by atoms with Crippen molar-refractivity contribution in [3.8, 4) is 0 Å². The van der Waals surface area contributed by atoms with Crippen molar-refractivity contribution < 1.29 is 19.1 Å². The number of ketones is 1. The van der Waals surface area contributed by atoms with Gasteiger partial charge in [-0.2, -0.15) is 0 Å². The van der Waals surface area contributed by atoms with Crippen LogP contribution in [-0.4, -0.2) is 22.8 Å². The van der Waals surface area contributed by atoms with E-state index in [1.165, 1.54) is 30.4 Å². The van der Waals surface area contributed by atoms with Gasteiger partial charge in [-0.3, -0.25) is 14.5 Å². The molecule has 1 aliphatic heterocycles. The second kappa shape index (κ2) is 7.53. The maximum absolute atomic E-state index is 14.7. The topological polar surface area (TPSA) is 57.6 Å². The van der Waals surface area contributed by atoms with Crippen LogP contribution in [0.3, 0.4) is 0 Å². The van der Waals surface area contributed by atoms with E-state index in [9.17, 15) is 19.1 Å². The predicted molar refractivity (Wildman–Crippen MR) is 105 cm³/mol. The van der Waals surface area contributed by atoms with Gasteiger partial charge in [0.15, 0.2) is 17.4 Å². The number of halogens is 2. The first kappa shape index (κ1) is 20.6. The lowest BCUT2D eigenvalue weighted by Crippen LogP contribution is -2.40. The minimum Gasteiger partial charge on any atom is -0.503 e. The van der Waals surface area contributed by atoms with E-state index >= 15 is 0 Å². The molecule has 0 radical (unpaired) electrons. The Hall–Kier alpha value is -2.66. The van der Waals surface area contributed by atoms with Crippen molar-refractivity contribution in [1.29, 1.82) is 0 Å². The smallest absolute Gasteiger partial charge is 0.294 e. The summed E-state index contributed by atoms with van der Waals surface area (Å²) < 4.78 is 14.7. The number of amides is 1. The van der Waals surface area contributed by atoms with Gasteiger partial charge in [-0.15, -0.1) is 0 Å². The van der Waals surface area contributed by atoms with Gasteiger partial charge in [0, 0.05) is 5.41 Å². The minimum atomic E-state index is -1.05. The molecule has 1 aliphatic rings. The molecule has 0 spiro atoms. The van der Waals surface area contributed by atoms with Crippen LogP contribution in [0.1, 0.15) is 20.8 Å². The van der Waals surface area contributed by atoms with E-state index < -0.39 is 34.7 Å². The van der Waals surface area contributed by atoms with Crippen LogP contribution in [0.15, 0.2) is 66.5 Å². The molecular formula is C21H21ClFNO3. The molecular weight excluding hydrogens is 369 g/mol. The number of Topliss-reactive ketones (excluding diaryl/α,β-unsaturated/α-hetero) is 1. The van der Waals surface area contributed by atoms with Crippen molar-refractivity contribution in [2.45, 2.75) is 26.8 Å². The number of aliphatic hydroxyl groups excluding tert-OH is 1. The highest BCUT2D eigenvalue weighted by Crippen LogP contribution is 2.40. The average molecular weight is 390 g/mol. The van der Waals surface area contributed by atoms with Gasteiger partial charge in [0.25, 0.3) is 5.91 Å². The van der Waals surface area contributed by atoms with Crippen LogP contribution in [0.5, 0.6) is 0 Å². The molecule has 0 aromatic heterocycles. The maximum Gasteiger partial charge on any atom is 0.294 e.